The van der Waals surface area contributed by atoms with Crippen molar-refractivity contribution in [3.8, 4) is 11.5 Å². The molecule has 4 heteroatoms. The molecule has 1 aromatic heterocycles. The van der Waals surface area contributed by atoms with E-state index in [2.05, 4.69) is 25.8 Å². The molecule has 0 aliphatic rings. The van der Waals surface area contributed by atoms with Crippen LogP contribution in [0, 0.1) is 5.92 Å². The zero-order valence-corrected chi connectivity index (χ0v) is 18.3. The van der Waals surface area contributed by atoms with Crippen molar-refractivity contribution < 1.29 is 15.3 Å². The molecule has 0 fully saturated rings. The van der Waals surface area contributed by atoms with Crippen LogP contribution in [-0.4, -0.2) is 25.9 Å². The Bertz CT molecular complexity index is 799. The van der Waals surface area contributed by atoms with E-state index in [1.165, 1.54) is 19.3 Å². The van der Waals surface area contributed by atoms with Crippen LogP contribution in [0.4, 0.5) is 0 Å². The second-order valence-electron chi connectivity index (χ2n) is 8.64. The average Bonchev–Trinajstić information content (AvgIpc) is 2.65. The first-order chi connectivity index (χ1) is 13.6. The van der Waals surface area contributed by atoms with E-state index >= 15 is 0 Å². The average molecular weight is 398 g/mol. The number of phenolic OH excluding ortho intramolecular Hbond substituents is 2. The molecule has 0 aliphatic carbocycles. The van der Waals surface area contributed by atoms with Gasteiger partial charge < -0.3 is 15.3 Å². The van der Waals surface area contributed by atoms with Crippen LogP contribution in [0.2, 0.25) is 0 Å². The number of hydrogen-bond acceptors (Lipinski definition) is 4. The summed E-state index contributed by atoms with van der Waals surface area (Å²) in [5.41, 5.74) is 1.47. The number of aromatic hydroxyl groups is 2. The lowest BCUT2D eigenvalue weighted by Crippen LogP contribution is -2.15. The number of pyridine rings is 1. The SMILES string of the molecule is CCCCCC(C)C(C)c1cc(O)c(/C(=C\C(C)(C)O)c2ccncc2)c(O)c1. The highest BCUT2D eigenvalue weighted by molar-refractivity contribution is 5.86. The lowest BCUT2D eigenvalue weighted by Gasteiger charge is -2.23. The molecule has 2 atom stereocenters. The van der Waals surface area contributed by atoms with E-state index in [9.17, 15) is 15.3 Å². The molecule has 0 radical (unpaired) electrons. The molecule has 2 aromatic rings. The minimum atomic E-state index is -1.11. The number of nitrogens with zero attached hydrogens (tertiary/aromatic N) is 1. The highest BCUT2D eigenvalue weighted by Gasteiger charge is 2.22. The van der Waals surface area contributed by atoms with Crippen molar-refractivity contribution in [3.05, 3.63) is 59.4 Å². The Morgan fingerprint density at radius 2 is 1.66 bits per heavy atom. The molecule has 2 rings (SSSR count). The first-order valence-electron chi connectivity index (χ1n) is 10.6. The van der Waals surface area contributed by atoms with E-state index < -0.39 is 5.60 Å². The Kier molecular flexibility index (Phi) is 7.86. The van der Waals surface area contributed by atoms with Crippen LogP contribution in [0.25, 0.3) is 5.57 Å². The van der Waals surface area contributed by atoms with Crippen LogP contribution in [0.1, 0.15) is 82.9 Å². The van der Waals surface area contributed by atoms with E-state index in [0.29, 0.717) is 17.1 Å². The van der Waals surface area contributed by atoms with Gasteiger partial charge in [0, 0.05) is 12.4 Å². The Balaban J connectivity index is 2.44. The van der Waals surface area contributed by atoms with Crippen LogP contribution in [0.5, 0.6) is 11.5 Å². The smallest absolute Gasteiger partial charge is 0.127 e. The van der Waals surface area contributed by atoms with Crippen molar-refractivity contribution >= 4 is 5.57 Å². The van der Waals surface area contributed by atoms with Crippen molar-refractivity contribution in [2.75, 3.05) is 0 Å². The number of aliphatic hydroxyl groups is 1. The monoisotopic (exact) mass is 397 g/mol. The summed E-state index contributed by atoms with van der Waals surface area (Å²) in [5, 5.41) is 32.1. The quantitative estimate of drug-likeness (QED) is 0.453. The molecular formula is C25H35NO3. The third-order valence-electron chi connectivity index (χ3n) is 5.52. The Labute approximate surface area is 175 Å². The van der Waals surface area contributed by atoms with Gasteiger partial charge >= 0.3 is 0 Å². The molecule has 0 saturated carbocycles. The summed E-state index contributed by atoms with van der Waals surface area (Å²) in [5.74, 6) is 0.706. The zero-order chi connectivity index (χ0) is 21.6. The van der Waals surface area contributed by atoms with Gasteiger partial charge in [-0.25, -0.2) is 0 Å². The maximum absolute atomic E-state index is 10.8. The highest BCUT2D eigenvalue weighted by Crippen LogP contribution is 2.41. The van der Waals surface area contributed by atoms with Gasteiger partial charge in [0.05, 0.1) is 11.2 Å². The van der Waals surface area contributed by atoms with Gasteiger partial charge in [0.15, 0.2) is 0 Å². The highest BCUT2D eigenvalue weighted by atomic mass is 16.3. The first-order valence-corrected chi connectivity index (χ1v) is 10.6. The number of aromatic nitrogens is 1. The van der Waals surface area contributed by atoms with Crippen LogP contribution in [0.3, 0.4) is 0 Å². The topological polar surface area (TPSA) is 73.6 Å². The normalized spacial score (nSPS) is 14.6. The third kappa shape index (κ3) is 6.33. The van der Waals surface area contributed by atoms with Crippen LogP contribution < -0.4 is 0 Å². The fraction of sp³-hybridized carbons (Fsp3) is 0.480. The number of unbranched alkanes of at least 4 members (excludes halogenated alkanes) is 2. The van der Waals surface area contributed by atoms with Gasteiger partial charge in [0.25, 0.3) is 0 Å². The van der Waals surface area contributed by atoms with E-state index in [1.807, 2.05) is 0 Å². The van der Waals surface area contributed by atoms with Gasteiger partial charge in [0.2, 0.25) is 0 Å². The van der Waals surface area contributed by atoms with Crippen LogP contribution in [0.15, 0.2) is 42.7 Å². The standard InChI is InChI=1S/C25H35NO3/c1-6-7-8-9-17(2)18(3)20-14-22(27)24(23(28)15-20)21(16-25(4,5)29)19-10-12-26-13-11-19/h10-18,27-29H,6-9H2,1-5H3/b21-16-. The van der Waals surface area contributed by atoms with Crippen molar-refractivity contribution in [2.24, 2.45) is 5.92 Å². The molecule has 1 heterocycles. The molecule has 3 N–H and O–H groups in total. The minimum Gasteiger partial charge on any atom is -0.507 e. The first kappa shape index (κ1) is 23.0. The second-order valence-corrected chi connectivity index (χ2v) is 8.64. The predicted molar refractivity (Wildman–Crippen MR) is 119 cm³/mol. The van der Waals surface area contributed by atoms with Gasteiger partial charge in [-0.05, 0) is 72.7 Å². The fourth-order valence-corrected chi connectivity index (χ4v) is 3.65. The predicted octanol–water partition coefficient (Wildman–Crippen LogP) is 6.02. The number of benzene rings is 1. The largest absolute Gasteiger partial charge is 0.507 e. The van der Waals surface area contributed by atoms with Crippen molar-refractivity contribution in [1.29, 1.82) is 0 Å². The molecule has 0 bridgehead atoms. The lowest BCUT2D eigenvalue weighted by molar-refractivity contribution is 0.133. The molecule has 1 aromatic carbocycles. The van der Waals surface area contributed by atoms with Gasteiger partial charge in [-0.3, -0.25) is 4.98 Å². The van der Waals surface area contributed by atoms with Gasteiger partial charge in [-0.1, -0.05) is 46.5 Å². The Morgan fingerprint density at radius 1 is 1.07 bits per heavy atom. The summed E-state index contributed by atoms with van der Waals surface area (Å²) in [4.78, 5) is 4.04. The van der Waals surface area contributed by atoms with Crippen molar-refractivity contribution in [1.82, 2.24) is 4.98 Å². The van der Waals surface area contributed by atoms with E-state index in [-0.39, 0.29) is 17.4 Å². The summed E-state index contributed by atoms with van der Waals surface area (Å²) in [6.45, 7) is 9.89. The molecule has 29 heavy (non-hydrogen) atoms. The van der Waals surface area contributed by atoms with Gasteiger partial charge in [0.1, 0.15) is 11.5 Å². The Hall–Kier alpha value is -2.33. The molecule has 4 nitrogen and oxygen atoms in total. The molecule has 0 aliphatic heterocycles. The van der Waals surface area contributed by atoms with Crippen molar-refractivity contribution in [3.63, 3.8) is 0 Å². The number of hydrogen-bond donors (Lipinski definition) is 3. The summed E-state index contributed by atoms with van der Waals surface area (Å²) < 4.78 is 0. The van der Waals surface area contributed by atoms with E-state index in [4.69, 9.17) is 0 Å². The summed E-state index contributed by atoms with van der Waals surface area (Å²) in [7, 11) is 0. The molecule has 0 spiro atoms. The van der Waals surface area contributed by atoms with Crippen molar-refractivity contribution in [2.45, 2.75) is 71.8 Å². The van der Waals surface area contributed by atoms with Gasteiger partial charge in [-0.15, -0.1) is 0 Å². The second kappa shape index (κ2) is 9.93. The minimum absolute atomic E-state index is 0.0138. The molecule has 158 valence electrons. The summed E-state index contributed by atoms with van der Waals surface area (Å²) in [6.07, 6.45) is 9.68. The number of phenols is 2. The molecular weight excluding hydrogens is 362 g/mol. The fourth-order valence-electron chi connectivity index (χ4n) is 3.65. The molecule has 0 saturated heterocycles. The number of rotatable bonds is 9. The summed E-state index contributed by atoms with van der Waals surface area (Å²) in [6, 6.07) is 7.08. The maximum atomic E-state index is 10.8. The lowest BCUT2D eigenvalue weighted by atomic mass is 9.83. The Morgan fingerprint density at radius 3 is 2.17 bits per heavy atom. The molecule has 2 unspecified atom stereocenters. The van der Waals surface area contributed by atoms with E-state index in [0.717, 1.165) is 17.5 Å². The zero-order valence-electron chi connectivity index (χ0n) is 18.3. The van der Waals surface area contributed by atoms with Gasteiger partial charge in [-0.2, -0.15) is 0 Å². The van der Waals surface area contributed by atoms with Crippen LogP contribution >= 0.6 is 0 Å². The van der Waals surface area contributed by atoms with E-state index in [1.54, 1.807) is 56.6 Å². The maximum Gasteiger partial charge on any atom is 0.127 e. The van der Waals surface area contributed by atoms with Crippen LogP contribution in [-0.2, 0) is 0 Å². The third-order valence-corrected chi connectivity index (χ3v) is 5.52. The molecule has 0 amide bonds. The summed E-state index contributed by atoms with van der Waals surface area (Å²) >= 11 is 0.